The molecule has 2 aromatic carbocycles. The number of rotatable bonds is 6. The van der Waals surface area contributed by atoms with Crippen LogP contribution in [0.5, 0.6) is 0 Å². The summed E-state index contributed by atoms with van der Waals surface area (Å²) in [7, 11) is 0. The first-order valence-electron chi connectivity index (χ1n) is 8.51. The fourth-order valence-corrected chi connectivity index (χ4v) is 2.77. The topological polar surface area (TPSA) is 61.2 Å². The van der Waals surface area contributed by atoms with E-state index in [1.54, 1.807) is 48.5 Å². The van der Waals surface area contributed by atoms with Gasteiger partial charge in [0.2, 0.25) is 0 Å². The Morgan fingerprint density at radius 3 is 2.50 bits per heavy atom. The molecule has 6 heteroatoms. The Labute approximate surface area is 156 Å². The van der Waals surface area contributed by atoms with Gasteiger partial charge in [0.15, 0.2) is 5.69 Å². The third kappa shape index (κ3) is 3.94. The van der Waals surface area contributed by atoms with E-state index in [1.807, 2.05) is 6.92 Å². The number of hydrogen-bond acceptors (Lipinski definition) is 4. The highest BCUT2D eigenvalue weighted by atomic mass is 35.5. The lowest BCUT2D eigenvalue weighted by Gasteiger charge is -2.10. The molecule has 0 atom stereocenters. The van der Waals surface area contributed by atoms with Crippen LogP contribution in [0.25, 0.3) is 10.8 Å². The predicted octanol–water partition coefficient (Wildman–Crippen LogP) is 4.21. The lowest BCUT2D eigenvalue weighted by Crippen LogP contribution is -2.26. The van der Waals surface area contributed by atoms with Gasteiger partial charge in [-0.2, -0.15) is 5.10 Å². The van der Waals surface area contributed by atoms with Crippen LogP contribution in [0.4, 0.5) is 0 Å². The van der Waals surface area contributed by atoms with Crippen LogP contribution in [0.15, 0.2) is 53.3 Å². The number of ether oxygens (including phenoxy) is 1. The Balaban J connectivity index is 1.92. The molecule has 1 aromatic heterocycles. The van der Waals surface area contributed by atoms with Crippen LogP contribution in [-0.4, -0.2) is 15.7 Å². The van der Waals surface area contributed by atoms with E-state index in [4.69, 9.17) is 16.3 Å². The number of benzene rings is 2. The number of hydrogen-bond donors (Lipinski definition) is 0. The molecule has 26 heavy (non-hydrogen) atoms. The van der Waals surface area contributed by atoms with E-state index in [9.17, 15) is 9.59 Å². The molecule has 0 unspecified atom stereocenters. The summed E-state index contributed by atoms with van der Waals surface area (Å²) in [6.45, 7) is 2.62. The minimum absolute atomic E-state index is 0.111. The fraction of sp³-hybridized carbons (Fsp3) is 0.250. The summed E-state index contributed by atoms with van der Waals surface area (Å²) >= 11 is 5.86. The Morgan fingerprint density at radius 2 is 1.81 bits per heavy atom. The summed E-state index contributed by atoms with van der Waals surface area (Å²) in [5.41, 5.74) is 0.792. The lowest BCUT2D eigenvalue weighted by molar-refractivity contribution is 0.0465. The van der Waals surface area contributed by atoms with Gasteiger partial charge in [0, 0.05) is 17.0 Å². The van der Waals surface area contributed by atoms with Crippen LogP contribution < -0.4 is 5.56 Å². The zero-order valence-corrected chi connectivity index (χ0v) is 15.2. The van der Waals surface area contributed by atoms with E-state index >= 15 is 0 Å². The summed E-state index contributed by atoms with van der Waals surface area (Å²) < 4.78 is 6.75. The highest BCUT2D eigenvalue weighted by Gasteiger charge is 2.18. The molecular formula is C20H19ClN2O3. The van der Waals surface area contributed by atoms with Gasteiger partial charge in [-0.25, -0.2) is 9.48 Å². The quantitative estimate of drug-likeness (QED) is 0.610. The number of esters is 1. The zero-order chi connectivity index (χ0) is 18.5. The van der Waals surface area contributed by atoms with Crippen molar-refractivity contribution >= 4 is 28.3 Å². The summed E-state index contributed by atoms with van der Waals surface area (Å²) in [6, 6.07) is 14.0. The number of aromatic nitrogens is 2. The van der Waals surface area contributed by atoms with E-state index < -0.39 is 5.97 Å². The number of aryl methyl sites for hydroxylation is 1. The SMILES string of the molecule is CCCCn1nc(C(=O)OCc2ccc(Cl)cc2)c2ccccc2c1=O. The third-order valence-corrected chi connectivity index (χ3v) is 4.32. The minimum Gasteiger partial charge on any atom is -0.456 e. The lowest BCUT2D eigenvalue weighted by atomic mass is 10.1. The highest BCUT2D eigenvalue weighted by Crippen LogP contribution is 2.16. The highest BCUT2D eigenvalue weighted by molar-refractivity contribution is 6.30. The van der Waals surface area contributed by atoms with Crippen LogP contribution in [-0.2, 0) is 17.9 Å². The second-order valence-electron chi connectivity index (χ2n) is 5.98. The van der Waals surface area contributed by atoms with E-state index in [2.05, 4.69) is 5.10 Å². The number of carbonyl (C=O) groups is 1. The first kappa shape index (κ1) is 18.1. The van der Waals surface area contributed by atoms with Crippen molar-refractivity contribution in [1.29, 1.82) is 0 Å². The maximum atomic E-state index is 12.6. The van der Waals surface area contributed by atoms with E-state index in [0.29, 0.717) is 22.3 Å². The van der Waals surface area contributed by atoms with Crippen LogP contribution in [0.3, 0.4) is 0 Å². The number of unbranched alkanes of at least 4 members (excludes halogenated alkanes) is 1. The normalized spacial score (nSPS) is 10.8. The number of fused-ring (bicyclic) bond motifs is 1. The second kappa shape index (κ2) is 8.15. The van der Waals surface area contributed by atoms with Crippen molar-refractivity contribution in [1.82, 2.24) is 9.78 Å². The zero-order valence-electron chi connectivity index (χ0n) is 14.4. The first-order chi connectivity index (χ1) is 12.6. The van der Waals surface area contributed by atoms with Gasteiger partial charge in [-0.15, -0.1) is 0 Å². The number of carbonyl (C=O) groups excluding carboxylic acids is 1. The summed E-state index contributed by atoms with van der Waals surface area (Å²) in [5.74, 6) is -0.554. The first-order valence-corrected chi connectivity index (χ1v) is 8.89. The molecule has 0 radical (unpaired) electrons. The predicted molar refractivity (Wildman–Crippen MR) is 101 cm³/mol. The van der Waals surface area contributed by atoms with Gasteiger partial charge in [0.1, 0.15) is 6.61 Å². The van der Waals surface area contributed by atoms with Crippen molar-refractivity contribution in [2.75, 3.05) is 0 Å². The standard InChI is InChI=1S/C20H19ClN2O3/c1-2-3-12-23-19(24)17-7-5-4-6-16(17)18(22-23)20(25)26-13-14-8-10-15(21)11-9-14/h4-11H,2-3,12-13H2,1H3. The molecule has 0 aliphatic rings. The fourth-order valence-electron chi connectivity index (χ4n) is 2.64. The van der Waals surface area contributed by atoms with Gasteiger partial charge in [-0.3, -0.25) is 4.79 Å². The summed E-state index contributed by atoms with van der Waals surface area (Å²) in [4.78, 5) is 25.2. The molecule has 5 nitrogen and oxygen atoms in total. The van der Waals surface area contributed by atoms with Gasteiger partial charge < -0.3 is 4.74 Å². The van der Waals surface area contributed by atoms with Crippen molar-refractivity contribution in [2.45, 2.75) is 32.9 Å². The number of nitrogens with zero attached hydrogens (tertiary/aromatic N) is 2. The molecule has 3 aromatic rings. The maximum absolute atomic E-state index is 12.6. The summed E-state index contributed by atoms with van der Waals surface area (Å²) in [5, 5.41) is 5.87. The van der Waals surface area contributed by atoms with Crippen LogP contribution in [0.2, 0.25) is 5.02 Å². The van der Waals surface area contributed by atoms with Gasteiger partial charge in [0.05, 0.1) is 5.39 Å². The van der Waals surface area contributed by atoms with Crippen LogP contribution in [0.1, 0.15) is 35.8 Å². The number of halogens is 1. The molecule has 0 spiro atoms. The van der Waals surface area contributed by atoms with Crippen molar-refractivity contribution in [3.8, 4) is 0 Å². The van der Waals surface area contributed by atoms with Crippen LogP contribution >= 0.6 is 11.6 Å². The van der Waals surface area contributed by atoms with Gasteiger partial charge in [-0.05, 0) is 30.2 Å². The van der Waals surface area contributed by atoms with Crippen molar-refractivity contribution in [2.24, 2.45) is 0 Å². The Bertz CT molecular complexity index is 981. The van der Waals surface area contributed by atoms with Crippen molar-refractivity contribution in [3.05, 3.63) is 75.2 Å². The Kier molecular flexibility index (Phi) is 5.68. The van der Waals surface area contributed by atoms with Gasteiger partial charge in [-0.1, -0.05) is 55.3 Å². The van der Waals surface area contributed by atoms with Crippen molar-refractivity contribution < 1.29 is 9.53 Å². The molecule has 3 rings (SSSR count). The molecule has 0 aliphatic carbocycles. The minimum atomic E-state index is -0.554. The second-order valence-corrected chi connectivity index (χ2v) is 6.42. The van der Waals surface area contributed by atoms with E-state index in [0.717, 1.165) is 18.4 Å². The van der Waals surface area contributed by atoms with Crippen LogP contribution in [0, 0.1) is 0 Å². The monoisotopic (exact) mass is 370 g/mol. The van der Waals surface area contributed by atoms with Gasteiger partial charge in [0.25, 0.3) is 5.56 Å². The Hall–Kier alpha value is -2.66. The maximum Gasteiger partial charge on any atom is 0.359 e. The largest absolute Gasteiger partial charge is 0.456 e. The molecular weight excluding hydrogens is 352 g/mol. The molecule has 0 fully saturated rings. The molecule has 0 aliphatic heterocycles. The average molecular weight is 371 g/mol. The van der Waals surface area contributed by atoms with E-state index in [-0.39, 0.29) is 17.9 Å². The molecule has 1 heterocycles. The van der Waals surface area contributed by atoms with Crippen molar-refractivity contribution in [3.63, 3.8) is 0 Å². The average Bonchev–Trinajstić information content (AvgIpc) is 2.67. The molecule has 134 valence electrons. The molecule has 0 amide bonds. The molecule has 0 bridgehead atoms. The smallest absolute Gasteiger partial charge is 0.359 e. The third-order valence-electron chi connectivity index (χ3n) is 4.07. The Morgan fingerprint density at radius 1 is 1.12 bits per heavy atom. The molecule has 0 saturated heterocycles. The summed E-state index contributed by atoms with van der Waals surface area (Å²) in [6.07, 6.45) is 1.74. The molecule has 0 saturated carbocycles. The van der Waals surface area contributed by atoms with E-state index in [1.165, 1.54) is 4.68 Å². The molecule has 0 N–H and O–H groups in total. The van der Waals surface area contributed by atoms with Gasteiger partial charge >= 0.3 is 5.97 Å².